The highest BCUT2D eigenvalue weighted by Gasteiger charge is 2.18. The van der Waals surface area contributed by atoms with Crippen LogP contribution < -0.4 is 10.6 Å². The SMILES string of the molecule is CCc1ccccc1Nc1cc(C(=O)NC2CCCCCC2)c2ccccc2n1. The summed E-state index contributed by atoms with van der Waals surface area (Å²) in [6, 6.07) is 18.3. The number of amides is 1. The van der Waals surface area contributed by atoms with E-state index in [1.165, 1.54) is 31.2 Å². The minimum atomic E-state index is 0.00215. The number of carbonyl (C=O) groups is 1. The Balaban J connectivity index is 1.66. The van der Waals surface area contributed by atoms with Gasteiger partial charge in [-0.15, -0.1) is 0 Å². The van der Waals surface area contributed by atoms with Gasteiger partial charge in [-0.2, -0.15) is 0 Å². The topological polar surface area (TPSA) is 54.0 Å². The third-order valence-electron chi connectivity index (χ3n) is 5.81. The van der Waals surface area contributed by atoms with Gasteiger partial charge in [-0.25, -0.2) is 4.98 Å². The van der Waals surface area contributed by atoms with Crippen molar-refractivity contribution in [2.45, 2.75) is 57.9 Å². The maximum absolute atomic E-state index is 13.2. The molecule has 2 aromatic carbocycles. The standard InChI is InChI=1S/C25H29N3O/c1-2-18-11-7-9-15-22(18)27-24-17-21(20-14-8-10-16-23(20)28-24)25(29)26-19-12-5-3-4-6-13-19/h7-11,14-17,19H,2-6,12-13H2,1H3,(H,26,29)(H,27,28). The summed E-state index contributed by atoms with van der Waals surface area (Å²) in [4.78, 5) is 18.0. The molecule has 0 radical (unpaired) electrons. The number of fused-ring (bicyclic) bond motifs is 1. The van der Waals surface area contributed by atoms with E-state index in [0.29, 0.717) is 11.4 Å². The fourth-order valence-corrected chi connectivity index (χ4v) is 4.20. The van der Waals surface area contributed by atoms with Gasteiger partial charge in [0.15, 0.2) is 0 Å². The first-order chi connectivity index (χ1) is 14.2. The summed E-state index contributed by atoms with van der Waals surface area (Å²) in [6.07, 6.45) is 8.02. The van der Waals surface area contributed by atoms with Crippen molar-refractivity contribution in [2.75, 3.05) is 5.32 Å². The first-order valence-electron chi connectivity index (χ1n) is 10.8. The molecular weight excluding hydrogens is 358 g/mol. The Bertz CT molecular complexity index is 990. The number of hydrogen-bond acceptors (Lipinski definition) is 3. The van der Waals surface area contributed by atoms with Gasteiger partial charge in [0, 0.05) is 17.1 Å². The van der Waals surface area contributed by atoms with Gasteiger partial charge in [0.25, 0.3) is 5.91 Å². The summed E-state index contributed by atoms with van der Waals surface area (Å²) in [7, 11) is 0. The van der Waals surface area contributed by atoms with Crippen molar-refractivity contribution >= 4 is 28.3 Å². The summed E-state index contributed by atoms with van der Waals surface area (Å²) < 4.78 is 0. The van der Waals surface area contributed by atoms with E-state index < -0.39 is 0 Å². The summed E-state index contributed by atoms with van der Waals surface area (Å²) >= 11 is 0. The number of para-hydroxylation sites is 2. The number of benzene rings is 2. The van der Waals surface area contributed by atoms with Crippen molar-refractivity contribution in [3.8, 4) is 0 Å². The van der Waals surface area contributed by atoms with E-state index in [1.807, 2.05) is 42.5 Å². The number of nitrogens with zero attached hydrogens (tertiary/aromatic N) is 1. The summed E-state index contributed by atoms with van der Waals surface area (Å²) in [6.45, 7) is 2.14. The Morgan fingerprint density at radius 1 is 1.00 bits per heavy atom. The molecular formula is C25H29N3O. The average molecular weight is 388 g/mol. The number of pyridine rings is 1. The predicted octanol–water partition coefficient (Wildman–Crippen LogP) is 5.99. The van der Waals surface area contributed by atoms with Crippen molar-refractivity contribution < 1.29 is 4.79 Å². The van der Waals surface area contributed by atoms with Gasteiger partial charge in [0.05, 0.1) is 11.1 Å². The molecule has 1 aliphatic rings. The highest BCUT2D eigenvalue weighted by Crippen LogP contribution is 2.26. The molecule has 150 valence electrons. The van der Waals surface area contributed by atoms with Crippen LogP contribution in [0.25, 0.3) is 10.9 Å². The van der Waals surface area contributed by atoms with Gasteiger partial charge >= 0.3 is 0 Å². The summed E-state index contributed by atoms with van der Waals surface area (Å²) in [5, 5.41) is 7.62. The number of nitrogens with one attached hydrogen (secondary N) is 2. The van der Waals surface area contributed by atoms with E-state index in [4.69, 9.17) is 4.98 Å². The predicted molar refractivity (Wildman–Crippen MR) is 120 cm³/mol. The van der Waals surface area contributed by atoms with E-state index in [1.54, 1.807) is 0 Å². The first-order valence-corrected chi connectivity index (χ1v) is 10.8. The molecule has 0 saturated heterocycles. The van der Waals surface area contributed by atoms with Crippen LogP contribution in [0.5, 0.6) is 0 Å². The summed E-state index contributed by atoms with van der Waals surface area (Å²) in [5.74, 6) is 0.706. The second-order valence-electron chi connectivity index (χ2n) is 7.87. The molecule has 0 spiro atoms. The Labute approximate surface area is 172 Å². The molecule has 4 rings (SSSR count). The van der Waals surface area contributed by atoms with Gasteiger partial charge in [-0.05, 0) is 43.0 Å². The number of hydrogen-bond donors (Lipinski definition) is 2. The molecule has 2 N–H and O–H groups in total. The molecule has 1 fully saturated rings. The third kappa shape index (κ3) is 4.58. The lowest BCUT2D eigenvalue weighted by atomic mass is 10.1. The smallest absolute Gasteiger partial charge is 0.252 e. The quantitative estimate of drug-likeness (QED) is 0.528. The lowest BCUT2D eigenvalue weighted by Gasteiger charge is -2.18. The maximum Gasteiger partial charge on any atom is 0.252 e. The Kier molecular flexibility index (Phi) is 6.09. The zero-order valence-electron chi connectivity index (χ0n) is 17.1. The van der Waals surface area contributed by atoms with Crippen molar-refractivity contribution in [1.82, 2.24) is 10.3 Å². The fourth-order valence-electron chi connectivity index (χ4n) is 4.20. The Morgan fingerprint density at radius 3 is 2.52 bits per heavy atom. The van der Waals surface area contributed by atoms with E-state index in [-0.39, 0.29) is 11.9 Å². The zero-order chi connectivity index (χ0) is 20.1. The number of carbonyl (C=O) groups excluding carboxylic acids is 1. The number of aryl methyl sites for hydroxylation is 1. The highest BCUT2D eigenvalue weighted by molar-refractivity contribution is 6.07. The third-order valence-corrected chi connectivity index (χ3v) is 5.81. The van der Waals surface area contributed by atoms with Crippen LogP contribution in [0.2, 0.25) is 0 Å². The van der Waals surface area contributed by atoms with Gasteiger partial charge in [-0.3, -0.25) is 4.79 Å². The van der Waals surface area contributed by atoms with E-state index in [9.17, 15) is 4.79 Å². The molecule has 1 aromatic heterocycles. The Hall–Kier alpha value is -2.88. The lowest BCUT2D eigenvalue weighted by Crippen LogP contribution is -2.34. The van der Waals surface area contributed by atoms with Crippen molar-refractivity contribution in [2.24, 2.45) is 0 Å². The van der Waals surface area contributed by atoms with Crippen LogP contribution >= 0.6 is 0 Å². The van der Waals surface area contributed by atoms with Crippen LogP contribution in [0.3, 0.4) is 0 Å². The molecule has 4 heteroatoms. The second kappa shape index (κ2) is 9.08. The molecule has 3 aromatic rings. The van der Waals surface area contributed by atoms with E-state index in [2.05, 4.69) is 29.7 Å². The molecule has 29 heavy (non-hydrogen) atoms. The van der Waals surface area contributed by atoms with E-state index in [0.717, 1.165) is 35.9 Å². The minimum Gasteiger partial charge on any atom is -0.349 e. The van der Waals surface area contributed by atoms with Gasteiger partial charge < -0.3 is 10.6 Å². The van der Waals surface area contributed by atoms with Crippen LogP contribution in [0.4, 0.5) is 11.5 Å². The lowest BCUT2D eigenvalue weighted by molar-refractivity contribution is 0.0935. The molecule has 0 bridgehead atoms. The van der Waals surface area contributed by atoms with Gasteiger partial charge in [-0.1, -0.05) is 69.0 Å². The van der Waals surface area contributed by atoms with Crippen LogP contribution in [0.15, 0.2) is 54.6 Å². The van der Waals surface area contributed by atoms with Crippen LogP contribution in [0.1, 0.15) is 61.4 Å². The number of rotatable bonds is 5. The van der Waals surface area contributed by atoms with Crippen LogP contribution in [-0.4, -0.2) is 16.9 Å². The van der Waals surface area contributed by atoms with Crippen LogP contribution in [-0.2, 0) is 6.42 Å². The molecule has 1 aliphatic carbocycles. The monoisotopic (exact) mass is 387 g/mol. The molecule has 0 aliphatic heterocycles. The molecule has 1 heterocycles. The highest BCUT2D eigenvalue weighted by atomic mass is 16.1. The zero-order valence-corrected chi connectivity index (χ0v) is 17.1. The van der Waals surface area contributed by atoms with Crippen molar-refractivity contribution in [1.29, 1.82) is 0 Å². The average Bonchev–Trinajstić information content (AvgIpc) is 3.02. The molecule has 1 amide bonds. The maximum atomic E-state index is 13.2. The number of anilines is 2. The van der Waals surface area contributed by atoms with E-state index >= 15 is 0 Å². The van der Waals surface area contributed by atoms with Crippen molar-refractivity contribution in [3.63, 3.8) is 0 Å². The number of aromatic nitrogens is 1. The largest absolute Gasteiger partial charge is 0.349 e. The molecule has 1 saturated carbocycles. The minimum absolute atomic E-state index is 0.00215. The fraction of sp³-hybridized carbons (Fsp3) is 0.360. The van der Waals surface area contributed by atoms with Crippen molar-refractivity contribution in [3.05, 3.63) is 65.7 Å². The molecule has 0 atom stereocenters. The first kappa shape index (κ1) is 19.4. The van der Waals surface area contributed by atoms with Crippen LogP contribution in [0, 0.1) is 0 Å². The Morgan fingerprint density at radius 2 is 1.72 bits per heavy atom. The summed E-state index contributed by atoms with van der Waals surface area (Å²) in [5.41, 5.74) is 3.79. The second-order valence-corrected chi connectivity index (χ2v) is 7.87. The van der Waals surface area contributed by atoms with Gasteiger partial charge in [0.2, 0.25) is 0 Å². The normalized spacial score (nSPS) is 15.1. The molecule has 0 unspecified atom stereocenters. The molecule has 4 nitrogen and oxygen atoms in total. The van der Waals surface area contributed by atoms with Gasteiger partial charge in [0.1, 0.15) is 5.82 Å².